The highest BCUT2D eigenvalue weighted by atomic mass is 79.9. The summed E-state index contributed by atoms with van der Waals surface area (Å²) >= 11 is 2.83. The number of carboxylic acids is 1. The summed E-state index contributed by atoms with van der Waals surface area (Å²) in [6.45, 7) is 2.72. The van der Waals surface area contributed by atoms with E-state index in [4.69, 9.17) is 15.0 Å². The van der Waals surface area contributed by atoms with E-state index in [0.717, 1.165) is 6.92 Å². The third kappa shape index (κ3) is 17600. The van der Waals surface area contributed by atoms with Crippen molar-refractivity contribution in [3.63, 3.8) is 0 Å². The van der Waals surface area contributed by atoms with Gasteiger partial charge in [0.25, 0.3) is 5.97 Å². The Morgan fingerprint density at radius 2 is 1.75 bits per heavy atom. The molecule has 50 valence electrons. The standard InChI is InChI=1S/C2H5BrO.C2H4O2/c2*1-2(3)4/h2,4H,1H3;1H3,(H,3,4). The number of aliphatic hydroxyl groups excluding tert-OH is 1. The number of rotatable bonds is 0. The number of hydrogen-bond donors (Lipinski definition) is 2. The van der Waals surface area contributed by atoms with Gasteiger partial charge in [-0.3, -0.25) is 4.79 Å². The zero-order chi connectivity index (χ0) is 7.15. The number of carboxylic acid groups (broad SMARTS) is 1. The molecule has 0 radical (unpaired) electrons. The van der Waals surface area contributed by atoms with Crippen molar-refractivity contribution < 1.29 is 15.0 Å². The molecule has 0 aliphatic heterocycles. The summed E-state index contributed by atoms with van der Waals surface area (Å²) in [6, 6.07) is 0. The molecule has 1 atom stereocenters. The SMILES string of the molecule is CC(=O)O.CC(O)Br. The molecule has 2 N–H and O–H groups in total. The van der Waals surface area contributed by atoms with Crippen LogP contribution in [0.15, 0.2) is 0 Å². The van der Waals surface area contributed by atoms with Gasteiger partial charge >= 0.3 is 0 Å². The first kappa shape index (κ1) is 10.8. The first-order chi connectivity index (χ1) is 3.46. The van der Waals surface area contributed by atoms with Crippen molar-refractivity contribution >= 4 is 21.9 Å². The fourth-order valence-corrected chi connectivity index (χ4v) is 0. The van der Waals surface area contributed by atoms with E-state index in [-0.39, 0.29) is 5.01 Å². The van der Waals surface area contributed by atoms with E-state index in [9.17, 15) is 0 Å². The number of alkyl halides is 1. The Bertz CT molecular complexity index is 55.5. The molecular formula is C4H9BrO3. The molecule has 0 aliphatic carbocycles. The Kier molecular flexibility index (Phi) is 9.34. The second kappa shape index (κ2) is 6.91. The lowest BCUT2D eigenvalue weighted by Gasteiger charge is -1.77. The van der Waals surface area contributed by atoms with Crippen molar-refractivity contribution in [3.05, 3.63) is 0 Å². The van der Waals surface area contributed by atoms with Crippen LogP contribution in [-0.4, -0.2) is 21.2 Å². The maximum Gasteiger partial charge on any atom is 0.300 e. The van der Waals surface area contributed by atoms with Gasteiger partial charge in [0.1, 0.15) is 5.01 Å². The van der Waals surface area contributed by atoms with Crippen LogP contribution < -0.4 is 0 Å². The summed E-state index contributed by atoms with van der Waals surface area (Å²) in [4.78, 5) is 9.00. The summed E-state index contributed by atoms with van der Waals surface area (Å²) < 4.78 is 0. The van der Waals surface area contributed by atoms with E-state index < -0.39 is 5.97 Å². The van der Waals surface area contributed by atoms with Crippen LogP contribution in [0.25, 0.3) is 0 Å². The highest BCUT2D eigenvalue weighted by Gasteiger charge is 1.72. The van der Waals surface area contributed by atoms with Gasteiger partial charge in [-0.15, -0.1) is 0 Å². The molecule has 4 heteroatoms. The van der Waals surface area contributed by atoms with Gasteiger partial charge < -0.3 is 10.2 Å². The lowest BCUT2D eigenvalue weighted by Crippen LogP contribution is -1.78. The fourth-order valence-electron chi connectivity index (χ4n) is 0. The van der Waals surface area contributed by atoms with Gasteiger partial charge in [-0.1, -0.05) is 15.9 Å². The molecule has 0 bridgehead atoms. The minimum Gasteiger partial charge on any atom is -0.481 e. The molecule has 0 aromatic carbocycles. The normalized spacial score (nSPS) is 11.0. The summed E-state index contributed by atoms with van der Waals surface area (Å²) in [6.07, 6.45) is 0. The first-order valence-corrected chi connectivity index (χ1v) is 2.90. The zero-order valence-corrected chi connectivity index (χ0v) is 6.34. The van der Waals surface area contributed by atoms with E-state index >= 15 is 0 Å². The molecule has 0 aliphatic rings. The van der Waals surface area contributed by atoms with Gasteiger partial charge in [0.2, 0.25) is 0 Å². The van der Waals surface area contributed by atoms with Gasteiger partial charge in [0, 0.05) is 6.92 Å². The van der Waals surface area contributed by atoms with Crippen molar-refractivity contribution in [1.82, 2.24) is 0 Å². The van der Waals surface area contributed by atoms with Crippen LogP contribution in [0, 0.1) is 0 Å². The fraction of sp³-hybridized carbons (Fsp3) is 0.750. The molecule has 0 aromatic heterocycles. The third-order valence-corrected chi connectivity index (χ3v) is 0. The maximum atomic E-state index is 9.00. The van der Waals surface area contributed by atoms with Gasteiger partial charge in [-0.05, 0) is 6.92 Å². The minimum atomic E-state index is -0.833. The maximum absolute atomic E-state index is 9.00. The van der Waals surface area contributed by atoms with E-state index in [1.165, 1.54) is 0 Å². The van der Waals surface area contributed by atoms with E-state index in [0.29, 0.717) is 0 Å². The average Bonchev–Trinajstić information content (AvgIpc) is 1.25. The molecule has 0 amide bonds. The number of carbonyl (C=O) groups is 1. The molecule has 0 heterocycles. The van der Waals surface area contributed by atoms with Crippen LogP contribution in [0.3, 0.4) is 0 Å². The number of hydrogen-bond acceptors (Lipinski definition) is 2. The number of halogens is 1. The average molecular weight is 185 g/mol. The molecule has 0 aromatic rings. The lowest BCUT2D eigenvalue weighted by atomic mass is 10.9. The van der Waals surface area contributed by atoms with Crippen molar-refractivity contribution in [2.45, 2.75) is 18.9 Å². The molecule has 0 rings (SSSR count). The third-order valence-electron chi connectivity index (χ3n) is 0. The summed E-state index contributed by atoms with van der Waals surface area (Å²) in [5, 5.41) is 15.0. The second-order valence-corrected chi connectivity index (χ2v) is 2.42. The Labute approximate surface area is 56.5 Å². The molecule has 8 heavy (non-hydrogen) atoms. The number of aliphatic hydroxyl groups is 1. The second-order valence-electron chi connectivity index (χ2n) is 1.09. The van der Waals surface area contributed by atoms with Crippen LogP contribution in [-0.2, 0) is 4.79 Å². The summed E-state index contributed by atoms with van der Waals surface area (Å²) in [5.74, 6) is -0.833. The van der Waals surface area contributed by atoms with E-state index in [1.54, 1.807) is 6.92 Å². The smallest absolute Gasteiger partial charge is 0.300 e. The topological polar surface area (TPSA) is 57.5 Å². The van der Waals surface area contributed by atoms with Crippen LogP contribution in [0.2, 0.25) is 0 Å². The van der Waals surface area contributed by atoms with Gasteiger partial charge in [-0.25, -0.2) is 0 Å². The molecule has 1 unspecified atom stereocenters. The largest absolute Gasteiger partial charge is 0.481 e. The molecule has 0 saturated carbocycles. The molecule has 0 spiro atoms. The molecule has 3 nitrogen and oxygen atoms in total. The first-order valence-electron chi connectivity index (χ1n) is 1.98. The summed E-state index contributed by atoms with van der Waals surface area (Å²) in [5.41, 5.74) is 0. The minimum absolute atomic E-state index is 0.354. The molecular weight excluding hydrogens is 176 g/mol. The predicted octanol–water partition coefficient (Wildman–Crippen LogP) is 0.810. The van der Waals surface area contributed by atoms with E-state index in [1.807, 2.05) is 0 Å². The van der Waals surface area contributed by atoms with Crippen LogP contribution >= 0.6 is 15.9 Å². The van der Waals surface area contributed by atoms with Gasteiger partial charge in [-0.2, -0.15) is 0 Å². The Morgan fingerprint density at radius 3 is 1.75 bits per heavy atom. The quantitative estimate of drug-likeness (QED) is 0.549. The van der Waals surface area contributed by atoms with Crippen molar-refractivity contribution in [3.8, 4) is 0 Å². The van der Waals surface area contributed by atoms with Crippen LogP contribution in [0.5, 0.6) is 0 Å². The van der Waals surface area contributed by atoms with Crippen LogP contribution in [0.1, 0.15) is 13.8 Å². The van der Waals surface area contributed by atoms with Crippen molar-refractivity contribution in [2.24, 2.45) is 0 Å². The van der Waals surface area contributed by atoms with Crippen molar-refractivity contribution in [2.75, 3.05) is 0 Å². The Balaban J connectivity index is 0. The Morgan fingerprint density at radius 1 is 1.75 bits per heavy atom. The lowest BCUT2D eigenvalue weighted by molar-refractivity contribution is -0.134. The number of aliphatic carboxylic acids is 1. The van der Waals surface area contributed by atoms with E-state index in [2.05, 4.69) is 15.9 Å². The molecule has 0 saturated heterocycles. The zero-order valence-electron chi connectivity index (χ0n) is 4.76. The van der Waals surface area contributed by atoms with Crippen molar-refractivity contribution in [1.29, 1.82) is 0 Å². The monoisotopic (exact) mass is 184 g/mol. The van der Waals surface area contributed by atoms with Gasteiger partial charge in [0.15, 0.2) is 0 Å². The van der Waals surface area contributed by atoms with Gasteiger partial charge in [0.05, 0.1) is 0 Å². The molecule has 0 fully saturated rings. The predicted molar refractivity (Wildman–Crippen MR) is 33.9 cm³/mol. The highest BCUT2D eigenvalue weighted by molar-refractivity contribution is 9.09. The summed E-state index contributed by atoms with van der Waals surface area (Å²) in [7, 11) is 0. The Hall–Kier alpha value is -0.0900. The highest BCUT2D eigenvalue weighted by Crippen LogP contribution is 1.85. The van der Waals surface area contributed by atoms with Crippen LogP contribution in [0.4, 0.5) is 0 Å².